The van der Waals surface area contributed by atoms with Crippen molar-refractivity contribution in [1.29, 1.82) is 10.5 Å². The smallest absolute Gasteiger partial charge is 0.161 e. The van der Waals surface area contributed by atoms with E-state index in [1.165, 1.54) is 7.11 Å². The predicted octanol–water partition coefficient (Wildman–Crippen LogP) is 3.79. The Bertz CT molecular complexity index is 873. The lowest BCUT2D eigenvalue weighted by Crippen LogP contribution is -2.08. The lowest BCUT2D eigenvalue weighted by molar-refractivity contribution is 0.373. The molecule has 0 aliphatic heterocycles. The second-order valence-corrected chi connectivity index (χ2v) is 5.74. The number of nitriles is 2. The van der Waals surface area contributed by atoms with E-state index in [1.54, 1.807) is 18.2 Å². The summed E-state index contributed by atoms with van der Waals surface area (Å²) in [5.41, 5.74) is 4.08. The van der Waals surface area contributed by atoms with Crippen molar-refractivity contribution >= 4 is 6.08 Å². The SMILES string of the molecule is COc1cc(/C=C2\Cc3ccccc3C2C(C#N)C#N)ccc1O. The second kappa shape index (κ2) is 6.48. The fourth-order valence-electron chi connectivity index (χ4n) is 3.24. The van der Waals surface area contributed by atoms with Crippen molar-refractivity contribution in [3.8, 4) is 23.6 Å². The van der Waals surface area contributed by atoms with Crippen LogP contribution >= 0.6 is 0 Å². The normalized spacial score (nSPS) is 17.3. The number of methoxy groups -OCH3 is 1. The number of rotatable bonds is 3. The molecule has 0 bridgehead atoms. The largest absolute Gasteiger partial charge is 0.504 e. The van der Waals surface area contributed by atoms with Crippen molar-refractivity contribution in [2.75, 3.05) is 7.11 Å². The van der Waals surface area contributed by atoms with E-state index in [9.17, 15) is 15.6 Å². The minimum Gasteiger partial charge on any atom is -0.504 e. The maximum absolute atomic E-state index is 9.72. The number of hydrogen-bond donors (Lipinski definition) is 1. The molecule has 0 aromatic heterocycles. The van der Waals surface area contributed by atoms with E-state index < -0.39 is 5.92 Å². The van der Waals surface area contributed by atoms with Crippen LogP contribution in [-0.4, -0.2) is 12.2 Å². The predicted molar refractivity (Wildman–Crippen MR) is 90.2 cm³/mol. The molecule has 0 spiro atoms. The van der Waals surface area contributed by atoms with Crippen molar-refractivity contribution in [3.63, 3.8) is 0 Å². The average molecular weight is 316 g/mol. The van der Waals surface area contributed by atoms with Crippen LogP contribution in [0.1, 0.15) is 22.6 Å². The van der Waals surface area contributed by atoms with E-state index in [2.05, 4.69) is 12.1 Å². The van der Waals surface area contributed by atoms with E-state index >= 15 is 0 Å². The Morgan fingerprint density at radius 1 is 1.21 bits per heavy atom. The molecule has 24 heavy (non-hydrogen) atoms. The number of fused-ring (bicyclic) bond motifs is 1. The standard InChI is InChI=1S/C20H16N2O2/c1-24-19-9-13(6-7-18(19)23)8-15-10-14-4-2-3-5-17(14)20(15)16(11-21)12-22/h2-9,16,20,23H,10H2,1H3/b15-8+. The number of aromatic hydroxyl groups is 1. The summed E-state index contributed by atoms with van der Waals surface area (Å²) in [7, 11) is 1.50. The molecule has 118 valence electrons. The summed E-state index contributed by atoms with van der Waals surface area (Å²) in [6.07, 6.45) is 2.69. The summed E-state index contributed by atoms with van der Waals surface area (Å²) >= 11 is 0. The first-order valence-electron chi connectivity index (χ1n) is 7.62. The monoisotopic (exact) mass is 316 g/mol. The molecule has 0 fully saturated rings. The molecular weight excluding hydrogens is 300 g/mol. The summed E-state index contributed by atoms with van der Waals surface area (Å²) in [4.78, 5) is 0. The molecule has 2 aromatic carbocycles. The molecule has 1 aliphatic carbocycles. The molecule has 3 rings (SSSR count). The highest BCUT2D eigenvalue weighted by Gasteiger charge is 2.33. The van der Waals surface area contributed by atoms with Crippen LogP contribution in [-0.2, 0) is 6.42 Å². The van der Waals surface area contributed by atoms with Gasteiger partial charge >= 0.3 is 0 Å². The zero-order valence-electron chi connectivity index (χ0n) is 13.2. The van der Waals surface area contributed by atoms with Gasteiger partial charge in [0, 0.05) is 5.92 Å². The van der Waals surface area contributed by atoms with Crippen LogP contribution in [0.4, 0.5) is 0 Å². The first-order chi connectivity index (χ1) is 11.7. The van der Waals surface area contributed by atoms with E-state index in [4.69, 9.17) is 4.74 Å². The lowest BCUT2D eigenvalue weighted by Gasteiger charge is -2.14. The Morgan fingerprint density at radius 2 is 1.96 bits per heavy atom. The first-order valence-corrected chi connectivity index (χ1v) is 7.62. The van der Waals surface area contributed by atoms with Gasteiger partial charge in [0.05, 0.1) is 19.2 Å². The van der Waals surface area contributed by atoms with Crippen LogP contribution in [0, 0.1) is 28.6 Å². The maximum atomic E-state index is 9.72. The van der Waals surface area contributed by atoms with E-state index in [0.29, 0.717) is 12.2 Å². The third-order valence-corrected chi connectivity index (χ3v) is 4.35. The number of allylic oxidation sites excluding steroid dienone is 1. The topological polar surface area (TPSA) is 77.0 Å². The van der Waals surface area contributed by atoms with Crippen LogP contribution in [0.3, 0.4) is 0 Å². The number of phenols is 1. The number of benzene rings is 2. The van der Waals surface area contributed by atoms with Gasteiger partial charge in [-0.25, -0.2) is 0 Å². The summed E-state index contributed by atoms with van der Waals surface area (Å²) in [6, 6.07) is 17.3. The van der Waals surface area contributed by atoms with Gasteiger partial charge in [-0.1, -0.05) is 42.0 Å². The fraction of sp³-hybridized carbons (Fsp3) is 0.200. The van der Waals surface area contributed by atoms with Gasteiger partial charge in [0.1, 0.15) is 5.92 Å². The minimum atomic E-state index is -0.723. The zero-order chi connectivity index (χ0) is 17.1. The molecule has 4 nitrogen and oxygen atoms in total. The van der Waals surface area contributed by atoms with Crippen LogP contribution < -0.4 is 4.74 Å². The van der Waals surface area contributed by atoms with E-state index in [-0.39, 0.29) is 11.7 Å². The minimum absolute atomic E-state index is 0.0813. The first kappa shape index (κ1) is 15.6. The molecule has 4 heteroatoms. The lowest BCUT2D eigenvalue weighted by atomic mass is 9.85. The van der Waals surface area contributed by atoms with Gasteiger partial charge in [0.15, 0.2) is 11.5 Å². The van der Waals surface area contributed by atoms with Gasteiger partial charge in [-0.15, -0.1) is 0 Å². The zero-order valence-corrected chi connectivity index (χ0v) is 13.2. The second-order valence-electron chi connectivity index (χ2n) is 5.74. The van der Waals surface area contributed by atoms with Crippen LogP contribution in [0.25, 0.3) is 6.08 Å². The summed E-state index contributed by atoms with van der Waals surface area (Å²) in [6.45, 7) is 0. The van der Waals surface area contributed by atoms with Gasteiger partial charge in [-0.05, 0) is 35.2 Å². The van der Waals surface area contributed by atoms with Crippen LogP contribution in [0.5, 0.6) is 11.5 Å². The highest BCUT2D eigenvalue weighted by atomic mass is 16.5. The van der Waals surface area contributed by atoms with Crippen molar-refractivity contribution in [2.45, 2.75) is 12.3 Å². The van der Waals surface area contributed by atoms with Crippen LogP contribution in [0.15, 0.2) is 48.0 Å². The van der Waals surface area contributed by atoms with E-state index in [0.717, 1.165) is 22.3 Å². The highest BCUT2D eigenvalue weighted by Crippen LogP contribution is 2.43. The molecule has 0 amide bonds. The molecule has 1 unspecified atom stereocenters. The quantitative estimate of drug-likeness (QED) is 0.934. The molecule has 0 heterocycles. The maximum Gasteiger partial charge on any atom is 0.161 e. The molecule has 1 N–H and O–H groups in total. The van der Waals surface area contributed by atoms with Gasteiger partial charge in [-0.2, -0.15) is 10.5 Å². The molecule has 1 atom stereocenters. The molecule has 0 saturated carbocycles. The third kappa shape index (κ3) is 2.71. The number of nitrogens with zero attached hydrogens (tertiary/aromatic N) is 2. The molecular formula is C20H16N2O2. The Kier molecular flexibility index (Phi) is 4.22. The number of phenolic OH excluding ortho intramolecular Hbond substituents is 1. The molecule has 0 radical (unpaired) electrons. The van der Waals surface area contributed by atoms with Crippen molar-refractivity contribution in [1.82, 2.24) is 0 Å². The third-order valence-electron chi connectivity index (χ3n) is 4.35. The number of ether oxygens (including phenoxy) is 1. The molecule has 1 aliphatic rings. The Balaban J connectivity index is 2.07. The fourth-order valence-corrected chi connectivity index (χ4v) is 3.24. The number of hydrogen-bond acceptors (Lipinski definition) is 4. The van der Waals surface area contributed by atoms with Gasteiger partial charge in [0.25, 0.3) is 0 Å². The van der Waals surface area contributed by atoms with Gasteiger partial charge in [-0.3, -0.25) is 0 Å². The van der Waals surface area contributed by atoms with Crippen molar-refractivity contribution < 1.29 is 9.84 Å². The van der Waals surface area contributed by atoms with Gasteiger partial charge < -0.3 is 9.84 Å². The summed E-state index contributed by atoms with van der Waals surface area (Å²) in [5.74, 6) is -0.471. The highest BCUT2D eigenvalue weighted by molar-refractivity contribution is 5.63. The summed E-state index contributed by atoms with van der Waals surface area (Å²) < 4.78 is 5.14. The van der Waals surface area contributed by atoms with E-state index in [1.807, 2.05) is 30.3 Å². The Hall–Kier alpha value is -3.24. The summed E-state index contributed by atoms with van der Waals surface area (Å²) in [5, 5.41) is 28.4. The Morgan fingerprint density at radius 3 is 2.67 bits per heavy atom. The molecule has 2 aromatic rings. The average Bonchev–Trinajstić information content (AvgIpc) is 2.96. The molecule has 0 saturated heterocycles. The Labute approximate surface area is 140 Å². The van der Waals surface area contributed by atoms with Crippen molar-refractivity contribution in [2.24, 2.45) is 5.92 Å². The van der Waals surface area contributed by atoms with Crippen molar-refractivity contribution in [3.05, 3.63) is 64.7 Å². The van der Waals surface area contributed by atoms with Crippen LogP contribution in [0.2, 0.25) is 0 Å². The van der Waals surface area contributed by atoms with Gasteiger partial charge in [0.2, 0.25) is 0 Å².